The van der Waals surface area contributed by atoms with Crippen molar-refractivity contribution in [2.24, 2.45) is 0 Å². The lowest BCUT2D eigenvalue weighted by Gasteiger charge is -2.23. The lowest BCUT2D eigenvalue weighted by molar-refractivity contribution is -0.137. The van der Waals surface area contributed by atoms with E-state index >= 15 is 0 Å². The smallest absolute Gasteiger partial charge is 0.359 e. The fourth-order valence-corrected chi connectivity index (χ4v) is 2.76. The van der Waals surface area contributed by atoms with Gasteiger partial charge in [0.25, 0.3) is 0 Å². The van der Waals surface area contributed by atoms with E-state index in [1.54, 1.807) is 4.90 Å². The van der Waals surface area contributed by atoms with Crippen molar-refractivity contribution in [2.45, 2.75) is 25.1 Å². The Morgan fingerprint density at radius 2 is 2.11 bits per heavy atom. The molecule has 0 spiro atoms. The van der Waals surface area contributed by atoms with Crippen LogP contribution in [-0.2, 0) is 17.4 Å². The molecule has 6 heteroatoms. The van der Waals surface area contributed by atoms with Crippen LogP contribution in [0.3, 0.4) is 0 Å². The Morgan fingerprint density at radius 3 is 2.84 bits per heavy atom. The third kappa shape index (κ3) is 2.05. The van der Waals surface area contributed by atoms with Crippen LogP contribution in [0.4, 0.5) is 18.9 Å². The van der Waals surface area contributed by atoms with Crippen molar-refractivity contribution in [1.82, 2.24) is 5.32 Å². The zero-order valence-corrected chi connectivity index (χ0v) is 10.1. The minimum absolute atomic E-state index is 0.0951. The second kappa shape index (κ2) is 4.15. The summed E-state index contributed by atoms with van der Waals surface area (Å²) in [5.41, 5.74) is 0.712. The number of nitrogens with zero attached hydrogens (tertiary/aromatic N) is 1. The minimum Gasteiger partial charge on any atom is -0.359 e. The van der Waals surface area contributed by atoms with Crippen LogP contribution in [0.15, 0.2) is 18.2 Å². The van der Waals surface area contributed by atoms with Crippen LogP contribution in [0.5, 0.6) is 0 Å². The van der Waals surface area contributed by atoms with Crippen LogP contribution in [-0.4, -0.2) is 25.0 Å². The van der Waals surface area contributed by atoms with Gasteiger partial charge in [0.1, 0.15) is 6.04 Å². The first-order chi connectivity index (χ1) is 8.97. The second-order valence-electron chi connectivity index (χ2n) is 4.90. The Morgan fingerprint density at radius 1 is 1.32 bits per heavy atom. The summed E-state index contributed by atoms with van der Waals surface area (Å²) in [5.74, 6) is -0.0951. The van der Waals surface area contributed by atoms with Gasteiger partial charge in [0, 0.05) is 25.2 Å². The Hall–Kier alpha value is -1.72. The number of alkyl halides is 3. The van der Waals surface area contributed by atoms with Gasteiger partial charge in [-0.2, -0.15) is 13.2 Å². The molecular weight excluding hydrogens is 257 g/mol. The summed E-state index contributed by atoms with van der Waals surface area (Å²) in [6.07, 6.45) is -3.11. The van der Waals surface area contributed by atoms with E-state index in [4.69, 9.17) is 0 Å². The highest BCUT2D eigenvalue weighted by Gasteiger charge is 2.38. The molecule has 102 valence electrons. The van der Waals surface area contributed by atoms with Crippen molar-refractivity contribution in [3.8, 4) is 0 Å². The third-order valence-electron chi connectivity index (χ3n) is 3.69. The summed E-state index contributed by atoms with van der Waals surface area (Å²) in [4.78, 5) is 13.7. The van der Waals surface area contributed by atoms with Crippen LogP contribution in [0.2, 0.25) is 0 Å². The molecule has 0 saturated carbocycles. The van der Waals surface area contributed by atoms with Gasteiger partial charge in [-0.15, -0.1) is 0 Å². The van der Waals surface area contributed by atoms with Crippen molar-refractivity contribution in [3.63, 3.8) is 0 Å². The first-order valence-corrected chi connectivity index (χ1v) is 6.21. The first-order valence-electron chi connectivity index (χ1n) is 6.21. The van der Waals surface area contributed by atoms with Gasteiger partial charge in [-0.3, -0.25) is 4.79 Å². The number of amides is 1. The van der Waals surface area contributed by atoms with Crippen LogP contribution in [0.25, 0.3) is 0 Å². The molecule has 1 atom stereocenters. The number of carbonyl (C=O) groups is 1. The average molecular weight is 270 g/mol. The number of hydrogen-bond donors (Lipinski definition) is 1. The summed E-state index contributed by atoms with van der Waals surface area (Å²) in [5, 5.41) is 2.79. The number of carbonyl (C=O) groups excluding carboxylic acids is 1. The van der Waals surface area contributed by atoms with Gasteiger partial charge >= 0.3 is 6.18 Å². The maximum absolute atomic E-state index is 12.7. The molecule has 1 unspecified atom stereocenters. The summed E-state index contributed by atoms with van der Waals surface area (Å²) >= 11 is 0. The van der Waals surface area contributed by atoms with Crippen LogP contribution < -0.4 is 10.2 Å². The lowest BCUT2D eigenvalue weighted by Crippen LogP contribution is -2.42. The summed E-state index contributed by atoms with van der Waals surface area (Å²) in [6.45, 7) is 1.19. The molecule has 1 N–H and O–H groups in total. The van der Waals surface area contributed by atoms with Crippen molar-refractivity contribution in [1.29, 1.82) is 0 Å². The SMILES string of the molecule is O=C1NCCCN2c3cc(C(F)(F)F)ccc3CC12. The highest BCUT2D eigenvalue weighted by Crippen LogP contribution is 2.38. The second-order valence-corrected chi connectivity index (χ2v) is 4.90. The van der Waals surface area contributed by atoms with Gasteiger partial charge in [-0.25, -0.2) is 0 Å². The molecule has 1 amide bonds. The van der Waals surface area contributed by atoms with Gasteiger partial charge in [0.05, 0.1) is 5.56 Å². The zero-order chi connectivity index (χ0) is 13.6. The number of benzene rings is 1. The zero-order valence-electron chi connectivity index (χ0n) is 10.1. The van der Waals surface area contributed by atoms with E-state index in [0.29, 0.717) is 25.2 Å². The van der Waals surface area contributed by atoms with Crippen molar-refractivity contribution >= 4 is 11.6 Å². The predicted molar refractivity (Wildman–Crippen MR) is 63.9 cm³/mol. The molecule has 0 aromatic heterocycles. The number of hydrogen-bond acceptors (Lipinski definition) is 2. The molecule has 19 heavy (non-hydrogen) atoms. The van der Waals surface area contributed by atoms with Gasteiger partial charge in [-0.05, 0) is 24.1 Å². The first kappa shape index (κ1) is 12.3. The summed E-state index contributed by atoms with van der Waals surface area (Å²) in [7, 11) is 0. The number of halogens is 3. The van der Waals surface area contributed by atoms with E-state index in [-0.39, 0.29) is 11.9 Å². The fraction of sp³-hybridized carbons (Fsp3) is 0.462. The van der Waals surface area contributed by atoms with Crippen molar-refractivity contribution in [3.05, 3.63) is 29.3 Å². The summed E-state index contributed by atoms with van der Waals surface area (Å²) < 4.78 is 38.2. The Balaban J connectivity index is 2.01. The predicted octanol–water partition coefficient (Wildman–Crippen LogP) is 1.96. The molecule has 0 aliphatic carbocycles. The topological polar surface area (TPSA) is 32.3 Å². The van der Waals surface area contributed by atoms with Crippen molar-refractivity contribution in [2.75, 3.05) is 18.0 Å². The minimum atomic E-state index is -4.35. The Labute approximate surface area is 108 Å². The normalized spacial score (nSPS) is 22.6. The molecule has 1 saturated heterocycles. The molecule has 1 aromatic rings. The summed E-state index contributed by atoms with van der Waals surface area (Å²) in [6, 6.07) is 3.37. The maximum atomic E-state index is 12.7. The Bertz CT molecular complexity index is 527. The largest absolute Gasteiger partial charge is 0.416 e. The van der Waals surface area contributed by atoms with Crippen LogP contribution in [0, 0.1) is 0 Å². The maximum Gasteiger partial charge on any atom is 0.416 e. The van der Waals surface area contributed by atoms with Crippen molar-refractivity contribution < 1.29 is 18.0 Å². The molecule has 2 aliphatic heterocycles. The highest BCUT2D eigenvalue weighted by atomic mass is 19.4. The van der Waals surface area contributed by atoms with E-state index < -0.39 is 11.7 Å². The van der Waals surface area contributed by atoms with E-state index in [9.17, 15) is 18.0 Å². The van der Waals surface area contributed by atoms with Gasteiger partial charge < -0.3 is 10.2 Å². The van der Waals surface area contributed by atoms with Gasteiger partial charge in [0.15, 0.2) is 0 Å². The Kier molecular flexibility index (Phi) is 2.69. The monoisotopic (exact) mass is 270 g/mol. The molecule has 3 rings (SSSR count). The van der Waals surface area contributed by atoms with E-state index in [2.05, 4.69) is 5.32 Å². The molecule has 0 radical (unpaired) electrons. The highest BCUT2D eigenvalue weighted by molar-refractivity contribution is 5.88. The molecule has 2 aliphatic rings. The van der Waals surface area contributed by atoms with Crippen LogP contribution in [0.1, 0.15) is 17.5 Å². The lowest BCUT2D eigenvalue weighted by atomic mass is 10.1. The van der Waals surface area contributed by atoms with E-state index in [1.165, 1.54) is 6.07 Å². The van der Waals surface area contributed by atoms with Gasteiger partial charge in [0.2, 0.25) is 5.91 Å². The molecule has 2 heterocycles. The quantitative estimate of drug-likeness (QED) is 0.781. The van der Waals surface area contributed by atoms with Gasteiger partial charge in [-0.1, -0.05) is 6.07 Å². The van der Waals surface area contributed by atoms with E-state index in [0.717, 1.165) is 24.1 Å². The average Bonchev–Trinajstić information content (AvgIpc) is 2.61. The molecular formula is C13H13F3N2O. The van der Waals surface area contributed by atoms with E-state index in [1.807, 2.05) is 0 Å². The number of fused-ring (bicyclic) bond motifs is 3. The third-order valence-corrected chi connectivity index (χ3v) is 3.69. The molecule has 1 fully saturated rings. The van der Waals surface area contributed by atoms with Crippen LogP contribution >= 0.6 is 0 Å². The number of rotatable bonds is 0. The molecule has 0 bridgehead atoms. The molecule has 3 nitrogen and oxygen atoms in total. The number of anilines is 1. The number of nitrogens with one attached hydrogen (secondary N) is 1. The fourth-order valence-electron chi connectivity index (χ4n) is 2.76. The standard InChI is InChI=1S/C13H13F3N2O/c14-13(15,16)9-3-2-8-6-11-12(19)17-4-1-5-18(11)10(8)7-9/h2-3,7,11H,1,4-6H2,(H,17,19). The molecule has 1 aromatic carbocycles.